The summed E-state index contributed by atoms with van der Waals surface area (Å²) in [6, 6.07) is 0. The first-order valence-corrected chi connectivity index (χ1v) is 5.59. The number of carbonyl (C=O) groups is 1. The smallest absolute Gasteiger partial charge is 0.251 e. The van der Waals surface area contributed by atoms with E-state index in [2.05, 4.69) is 0 Å². The van der Waals surface area contributed by atoms with E-state index in [-0.39, 0.29) is 38.3 Å². The van der Waals surface area contributed by atoms with Gasteiger partial charge in [-0.15, -0.1) is 0 Å². The Labute approximate surface area is 95.0 Å². The average molecular weight is 232 g/mol. The maximum absolute atomic E-state index is 11.9. The number of amides is 1. The van der Waals surface area contributed by atoms with Crippen LogP contribution in [0.15, 0.2) is 0 Å². The van der Waals surface area contributed by atoms with E-state index in [4.69, 9.17) is 20.7 Å². The van der Waals surface area contributed by atoms with Crippen LogP contribution in [0.4, 0.5) is 0 Å². The van der Waals surface area contributed by atoms with Gasteiger partial charge in [0.15, 0.2) is 0 Å². The number of rotatable bonds is 6. The number of hydrogen-bond acceptors (Lipinski definition) is 5. The summed E-state index contributed by atoms with van der Waals surface area (Å²) in [5.41, 5.74) is 5.46. The lowest BCUT2D eigenvalue weighted by molar-refractivity contribution is -0.143. The van der Waals surface area contributed by atoms with Crippen LogP contribution >= 0.6 is 0 Å². The molecule has 0 aromatic carbocycles. The molecule has 1 fully saturated rings. The zero-order valence-electron chi connectivity index (χ0n) is 9.34. The highest BCUT2D eigenvalue weighted by atomic mass is 16.5. The zero-order valence-corrected chi connectivity index (χ0v) is 9.34. The molecule has 1 heterocycles. The molecule has 0 radical (unpaired) electrons. The highest BCUT2D eigenvalue weighted by Gasteiger charge is 2.32. The van der Waals surface area contributed by atoms with Crippen molar-refractivity contribution < 1.29 is 19.7 Å². The summed E-state index contributed by atoms with van der Waals surface area (Å²) in [7, 11) is 0. The Bertz CT molecular complexity index is 219. The van der Waals surface area contributed by atoms with Crippen molar-refractivity contribution in [1.29, 1.82) is 0 Å². The van der Waals surface area contributed by atoms with Crippen LogP contribution in [0.5, 0.6) is 0 Å². The maximum atomic E-state index is 11.9. The van der Waals surface area contributed by atoms with E-state index >= 15 is 0 Å². The molecule has 2 atom stereocenters. The first kappa shape index (κ1) is 13.4. The summed E-state index contributed by atoms with van der Waals surface area (Å²) in [4.78, 5) is 13.3. The Morgan fingerprint density at radius 1 is 1.31 bits per heavy atom. The molecule has 0 aromatic rings. The number of ether oxygens (including phenoxy) is 1. The van der Waals surface area contributed by atoms with E-state index in [0.717, 1.165) is 6.42 Å². The Morgan fingerprint density at radius 3 is 2.38 bits per heavy atom. The molecule has 16 heavy (non-hydrogen) atoms. The topological polar surface area (TPSA) is 96.0 Å². The number of carbonyl (C=O) groups excluding carboxylic acids is 1. The third-order valence-electron chi connectivity index (χ3n) is 2.70. The normalized spacial score (nSPS) is 24.7. The lowest BCUT2D eigenvalue weighted by Crippen LogP contribution is -2.42. The number of nitrogens with zero attached hydrogens (tertiary/aromatic N) is 1. The molecule has 0 saturated carbocycles. The quantitative estimate of drug-likeness (QED) is 0.507. The second kappa shape index (κ2) is 6.80. The molecular weight excluding hydrogens is 212 g/mol. The number of nitrogens with two attached hydrogens (primary N) is 1. The maximum Gasteiger partial charge on any atom is 0.251 e. The fraction of sp³-hybridized carbons (Fsp3) is 0.900. The molecule has 0 spiro atoms. The van der Waals surface area contributed by atoms with Crippen LogP contribution in [-0.4, -0.2) is 66.1 Å². The zero-order chi connectivity index (χ0) is 12.0. The SMILES string of the molecule is NCC1CCC(C(=O)N(CCO)CCO)O1. The summed E-state index contributed by atoms with van der Waals surface area (Å²) in [6.07, 6.45) is 0.943. The van der Waals surface area contributed by atoms with Crippen molar-refractivity contribution in [2.24, 2.45) is 5.73 Å². The molecule has 0 aliphatic carbocycles. The Kier molecular flexibility index (Phi) is 5.68. The fourth-order valence-electron chi connectivity index (χ4n) is 1.84. The van der Waals surface area contributed by atoms with Crippen molar-refractivity contribution >= 4 is 5.91 Å². The first-order valence-electron chi connectivity index (χ1n) is 5.59. The third-order valence-corrected chi connectivity index (χ3v) is 2.70. The van der Waals surface area contributed by atoms with Crippen molar-refractivity contribution in [1.82, 2.24) is 4.90 Å². The number of hydrogen-bond donors (Lipinski definition) is 3. The first-order chi connectivity index (χ1) is 7.72. The van der Waals surface area contributed by atoms with E-state index in [9.17, 15) is 4.79 Å². The second-order valence-electron chi connectivity index (χ2n) is 3.83. The van der Waals surface area contributed by atoms with Crippen LogP contribution in [0.25, 0.3) is 0 Å². The fourth-order valence-corrected chi connectivity index (χ4v) is 1.84. The van der Waals surface area contributed by atoms with Gasteiger partial charge in [-0.05, 0) is 12.8 Å². The standard InChI is InChI=1S/C10H20N2O4/c11-7-8-1-2-9(16-8)10(15)12(3-5-13)4-6-14/h8-9,13-14H,1-7,11H2. The van der Waals surface area contributed by atoms with Crippen LogP contribution < -0.4 is 5.73 Å². The summed E-state index contributed by atoms with van der Waals surface area (Å²) in [6.45, 7) is 0.653. The van der Waals surface area contributed by atoms with Crippen LogP contribution in [-0.2, 0) is 9.53 Å². The third kappa shape index (κ3) is 3.41. The lowest BCUT2D eigenvalue weighted by atomic mass is 10.2. The van der Waals surface area contributed by atoms with Crippen LogP contribution in [0.2, 0.25) is 0 Å². The Morgan fingerprint density at radius 2 is 1.94 bits per heavy atom. The molecule has 1 aliphatic rings. The lowest BCUT2D eigenvalue weighted by Gasteiger charge is -2.24. The van der Waals surface area contributed by atoms with Crippen molar-refractivity contribution in [3.8, 4) is 0 Å². The molecule has 1 amide bonds. The van der Waals surface area contributed by atoms with Gasteiger partial charge in [0.1, 0.15) is 6.10 Å². The van der Waals surface area contributed by atoms with E-state index in [0.29, 0.717) is 13.0 Å². The van der Waals surface area contributed by atoms with Gasteiger partial charge < -0.3 is 25.6 Å². The van der Waals surface area contributed by atoms with Gasteiger partial charge in [-0.2, -0.15) is 0 Å². The molecule has 1 aliphatic heterocycles. The molecule has 0 aromatic heterocycles. The summed E-state index contributed by atoms with van der Waals surface area (Å²) in [5.74, 6) is -0.168. The minimum atomic E-state index is -0.466. The molecular formula is C10H20N2O4. The van der Waals surface area contributed by atoms with E-state index in [1.807, 2.05) is 0 Å². The molecule has 2 unspecified atom stereocenters. The predicted molar refractivity (Wildman–Crippen MR) is 57.7 cm³/mol. The molecule has 0 bridgehead atoms. The molecule has 6 heteroatoms. The molecule has 1 rings (SSSR count). The molecule has 1 saturated heterocycles. The minimum absolute atomic E-state index is 0.0425. The molecule has 4 N–H and O–H groups in total. The summed E-state index contributed by atoms with van der Waals surface area (Å²) in [5, 5.41) is 17.6. The highest BCUT2D eigenvalue weighted by molar-refractivity contribution is 5.81. The predicted octanol–water partition coefficient (Wildman–Crippen LogP) is -1.69. The molecule has 6 nitrogen and oxygen atoms in total. The number of aliphatic hydroxyl groups is 2. The second-order valence-corrected chi connectivity index (χ2v) is 3.83. The van der Waals surface area contributed by atoms with Gasteiger partial charge in [0.2, 0.25) is 0 Å². The van der Waals surface area contributed by atoms with Gasteiger partial charge in [-0.25, -0.2) is 0 Å². The van der Waals surface area contributed by atoms with Crippen molar-refractivity contribution in [3.63, 3.8) is 0 Å². The summed E-state index contributed by atoms with van der Waals surface area (Å²) >= 11 is 0. The van der Waals surface area contributed by atoms with Crippen LogP contribution in [0.1, 0.15) is 12.8 Å². The summed E-state index contributed by atoms with van der Waals surface area (Å²) < 4.78 is 5.47. The van der Waals surface area contributed by atoms with Gasteiger partial charge in [-0.1, -0.05) is 0 Å². The number of aliphatic hydroxyl groups excluding tert-OH is 2. The van der Waals surface area contributed by atoms with Crippen LogP contribution in [0.3, 0.4) is 0 Å². The monoisotopic (exact) mass is 232 g/mol. The van der Waals surface area contributed by atoms with Crippen molar-refractivity contribution in [3.05, 3.63) is 0 Å². The van der Waals surface area contributed by atoms with E-state index < -0.39 is 6.10 Å². The largest absolute Gasteiger partial charge is 0.395 e. The van der Waals surface area contributed by atoms with Gasteiger partial charge in [0, 0.05) is 19.6 Å². The Hall–Kier alpha value is -0.690. The van der Waals surface area contributed by atoms with Gasteiger partial charge in [0.25, 0.3) is 5.91 Å². The molecule has 94 valence electrons. The van der Waals surface area contributed by atoms with Crippen molar-refractivity contribution in [2.75, 3.05) is 32.8 Å². The minimum Gasteiger partial charge on any atom is -0.395 e. The van der Waals surface area contributed by atoms with E-state index in [1.54, 1.807) is 0 Å². The highest BCUT2D eigenvalue weighted by Crippen LogP contribution is 2.20. The van der Waals surface area contributed by atoms with Gasteiger partial charge >= 0.3 is 0 Å². The van der Waals surface area contributed by atoms with E-state index in [1.165, 1.54) is 4.90 Å². The van der Waals surface area contributed by atoms with Gasteiger partial charge in [-0.3, -0.25) is 4.79 Å². The van der Waals surface area contributed by atoms with Crippen molar-refractivity contribution in [2.45, 2.75) is 25.0 Å². The average Bonchev–Trinajstić information content (AvgIpc) is 2.76. The van der Waals surface area contributed by atoms with Gasteiger partial charge in [0.05, 0.1) is 19.3 Å². The Balaban J connectivity index is 2.47. The van der Waals surface area contributed by atoms with Crippen LogP contribution in [0, 0.1) is 0 Å².